The topological polar surface area (TPSA) is 146 Å². The van der Waals surface area contributed by atoms with Crippen LogP contribution in [-0.2, 0) is 14.3 Å². The van der Waals surface area contributed by atoms with Crippen LogP contribution < -0.4 is 10.6 Å². The van der Waals surface area contributed by atoms with Gasteiger partial charge in [0.15, 0.2) is 0 Å². The molecule has 1 fully saturated rings. The van der Waals surface area contributed by atoms with Crippen molar-refractivity contribution < 1.29 is 23.9 Å². The number of rotatable bonds is 10. The molecule has 40 heavy (non-hydrogen) atoms. The first-order valence-electron chi connectivity index (χ1n) is 13.6. The van der Waals surface area contributed by atoms with E-state index in [2.05, 4.69) is 26.0 Å². The van der Waals surface area contributed by atoms with Crippen LogP contribution >= 0.6 is 0 Å². The van der Waals surface area contributed by atoms with E-state index in [4.69, 9.17) is 4.74 Å². The fourth-order valence-corrected chi connectivity index (χ4v) is 4.85. The van der Waals surface area contributed by atoms with Crippen molar-refractivity contribution in [3.05, 3.63) is 59.7 Å². The molecular weight excluding hydrogens is 512 g/mol. The number of amides is 3. The molecule has 3 atom stereocenters. The Morgan fingerprint density at radius 2 is 1.80 bits per heavy atom. The Bertz CT molecular complexity index is 1370. The average Bonchev–Trinajstić information content (AvgIpc) is 3.53. The zero-order chi connectivity index (χ0) is 28.9. The number of nitrogens with one attached hydrogen (secondary N) is 3. The van der Waals surface area contributed by atoms with Gasteiger partial charge in [0.05, 0.1) is 12.6 Å². The fraction of sp³-hybridized carbons (Fsp3) is 0.448. The standard InChI is InChI=1S/C29H36N6O5/c1-5-6-12-22(25(36)26(37)30-18(2)19-10-8-7-9-11-19)31-28(39)40-24-16-35(17-29(24,3)4)27(38)20-13-14-21-23(15-20)33-34-32-21/h7-11,13-15,18,22,24H,5-6,12,16-17H2,1-4H3,(H,30,37)(H,31,39)(H,32,33,34)/t18-,22+,24+/m1/s1. The van der Waals surface area contributed by atoms with E-state index in [1.54, 1.807) is 30.0 Å². The Balaban J connectivity index is 1.37. The number of unbranched alkanes of at least 4 members (excludes halogenated alkanes) is 1. The Morgan fingerprint density at radius 3 is 2.52 bits per heavy atom. The Hall–Kier alpha value is -4.28. The van der Waals surface area contributed by atoms with Gasteiger partial charge in [-0.1, -0.05) is 63.9 Å². The Morgan fingerprint density at radius 1 is 1.07 bits per heavy atom. The summed E-state index contributed by atoms with van der Waals surface area (Å²) in [5, 5.41) is 15.9. The number of fused-ring (bicyclic) bond motifs is 1. The van der Waals surface area contributed by atoms with Gasteiger partial charge in [-0.15, -0.1) is 0 Å². The number of likely N-dealkylation sites (tertiary alicyclic amines) is 1. The number of aromatic amines is 1. The lowest BCUT2D eigenvalue weighted by Gasteiger charge is -2.26. The monoisotopic (exact) mass is 548 g/mol. The molecule has 4 rings (SSSR count). The normalized spacial score (nSPS) is 17.7. The molecular formula is C29H36N6O5. The molecule has 0 aliphatic carbocycles. The Labute approximate surface area is 233 Å². The third-order valence-corrected chi connectivity index (χ3v) is 7.28. The summed E-state index contributed by atoms with van der Waals surface area (Å²) in [6.07, 6.45) is 0.331. The molecule has 0 bridgehead atoms. The van der Waals surface area contributed by atoms with E-state index in [1.165, 1.54) is 0 Å². The first-order chi connectivity index (χ1) is 19.1. The second-order valence-corrected chi connectivity index (χ2v) is 10.9. The van der Waals surface area contributed by atoms with Gasteiger partial charge in [-0.3, -0.25) is 14.4 Å². The molecule has 0 unspecified atom stereocenters. The molecule has 1 aliphatic rings. The van der Waals surface area contributed by atoms with Crippen LogP contribution in [0, 0.1) is 5.41 Å². The second kappa shape index (κ2) is 12.3. The van der Waals surface area contributed by atoms with Crippen molar-refractivity contribution in [2.45, 2.75) is 65.1 Å². The number of benzene rings is 2. The van der Waals surface area contributed by atoms with Crippen LogP contribution in [0.15, 0.2) is 48.5 Å². The summed E-state index contributed by atoms with van der Waals surface area (Å²) in [7, 11) is 0. The number of alkyl carbamates (subject to hydrolysis) is 1. The van der Waals surface area contributed by atoms with Gasteiger partial charge < -0.3 is 20.3 Å². The van der Waals surface area contributed by atoms with Gasteiger partial charge in [0.2, 0.25) is 5.78 Å². The average molecular weight is 549 g/mol. The van der Waals surface area contributed by atoms with Crippen molar-refractivity contribution in [1.82, 2.24) is 30.9 Å². The molecule has 0 radical (unpaired) electrons. The van der Waals surface area contributed by atoms with Crippen LogP contribution in [0.2, 0.25) is 0 Å². The van der Waals surface area contributed by atoms with Gasteiger partial charge in [-0.25, -0.2) is 4.79 Å². The van der Waals surface area contributed by atoms with Gasteiger partial charge in [0.25, 0.3) is 11.8 Å². The van der Waals surface area contributed by atoms with Crippen molar-refractivity contribution in [2.75, 3.05) is 13.1 Å². The van der Waals surface area contributed by atoms with E-state index in [0.717, 1.165) is 12.0 Å². The molecule has 1 aliphatic heterocycles. The zero-order valence-corrected chi connectivity index (χ0v) is 23.3. The first kappa shape index (κ1) is 28.7. The van der Waals surface area contributed by atoms with Crippen LogP contribution in [0.25, 0.3) is 11.0 Å². The number of carbonyl (C=O) groups is 4. The minimum Gasteiger partial charge on any atom is -0.444 e. The predicted molar refractivity (Wildman–Crippen MR) is 148 cm³/mol. The maximum Gasteiger partial charge on any atom is 0.408 e. The molecule has 2 heterocycles. The first-order valence-corrected chi connectivity index (χ1v) is 13.6. The lowest BCUT2D eigenvalue weighted by atomic mass is 9.90. The van der Waals surface area contributed by atoms with E-state index in [1.807, 2.05) is 51.1 Å². The zero-order valence-electron chi connectivity index (χ0n) is 23.3. The van der Waals surface area contributed by atoms with Crippen LogP contribution in [0.5, 0.6) is 0 Å². The maximum atomic E-state index is 13.2. The van der Waals surface area contributed by atoms with Gasteiger partial charge >= 0.3 is 6.09 Å². The van der Waals surface area contributed by atoms with Crippen LogP contribution in [-0.4, -0.2) is 69.2 Å². The number of aromatic nitrogens is 3. The van der Waals surface area contributed by atoms with Gasteiger partial charge in [-0.05, 0) is 37.1 Å². The maximum absolute atomic E-state index is 13.2. The second-order valence-electron chi connectivity index (χ2n) is 10.9. The van der Waals surface area contributed by atoms with Crippen LogP contribution in [0.1, 0.15) is 68.9 Å². The molecule has 1 saturated heterocycles. The van der Waals surface area contributed by atoms with Crippen LogP contribution in [0.3, 0.4) is 0 Å². The van der Waals surface area contributed by atoms with Gasteiger partial charge in [-0.2, -0.15) is 15.4 Å². The molecule has 2 aromatic carbocycles. The van der Waals surface area contributed by atoms with Crippen molar-refractivity contribution in [3.63, 3.8) is 0 Å². The third-order valence-electron chi connectivity index (χ3n) is 7.28. The summed E-state index contributed by atoms with van der Waals surface area (Å²) in [4.78, 5) is 53.6. The van der Waals surface area contributed by atoms with Crippen molar-refractivity contribution in [3.8, 4) is 0 Å². The van der Waals surface area contributed by atoms with Gasteiger partial charge in [0.1, 0.15) is 23.2 Å². The molecule has 11 heteroatoms. The quantitative estimate of drug-likeness (QED) is 0.328. The summed E-state index contributed by atoms with van der Waals surface area (Å²) < 4.78 is 5.74. The van der Waals surface area contributed by atoms with Crippen LogP contribution in [0.4, 0.5) is 4.79 Å². The largest absolute Gasteiger partial charge is 0.444 e. The highest BCUT2D eigenvalue weighted by molar-refractivity contribution is 6.38. The number of ether oxygens (including phenoxy) is 1. The summed E-state index contributed by atoms with van der Waals surface area (Å²) in [6.45, 7) is 8.15. The van der Waals surface area contributed by atoms with Gasteiger partial charge in [0, 0.05) is 17.5 Å². The number of hydrogen-bond acceptors (Lipinski definition) is 7. The molecule has 1 aromatic heterocycles. The van der Waals surface area contributed by atoms with E-state index in [-0.39, 0.29) is 18.5 Å². The highest BCUT2D eigenvalue weighted by Crippen LogP contribution is 2.33. The Kier molecular flexibility index (Phi) is 8.81. The van der Waals surface area contributed by atoms with E-state index >= 15 is 0 Å². The van der Waals surface area contributed by atoms with Crippen molar-refractivity contribution in [1.29, 1.82) is 0 Å². The number of nitrogens with zero attached hydrogens (tertiary/aromatic N) is 3. The molecule has 3 N–H and O–H groups in total. The minimum atomic E-state index is -1.02. The smallest absolute Gasteiger partial charge is 0.408 e. The molecule has 3 amide bonds. The number of ketones is 1. The molecule has 212 valence electrons. The lowest BCUT2D eigenvalue weighted by Crippen LogP contribution is -2.49. The summed E-state index contributed by atoms with van der Waals surface area (Å²) in [5.41, 5.74) is 2.04. The summed E-state index contributed by atoms with van der Waals surface area (Å²) >= 11 is 0. The molecule has 11 nitrogen and oxygen atoms in total. The number of H-pyrrole nitrogens is 1. The fourth-order valence-electron chi connectivity index (χ4n) is 4.85. The SMILES string of the molecule is CCCC[C@H](NC(=O)O[C@H]1CN(C(=O)c2ccc3n[nH]nc3c2)CC1(C)C)C(=O)C(=O)N[C@H](C)c1ccccc1. The number of Topliss-reactive ketones (excluding diaryl/α,β-unsaturated/α-hetero) is 1. The number of hydrogen-bond donors (Lipinski definition) is 3. The molecule has 0 spiro atoms. The summed E-state index contributed by atoms with van der Waals surface area (Å²) in [5.74, 6) is -1.69. The van der Waals surface area contributed by atoms with E-state index in [9.17, 15) is 19.2 Å². The third kappa shape index (κ3) is 6.64. The van der Waals surface area contributed by atoms with Crippen molar-refractivity contribution in [2.24, 2.45) is 5.41 Å². The lowest BCUT2D eigenvalue weighted by molar-refractivity contribution is -0.139. The highest BCUT2D eigenvalue weighted by atomic mass is 16.6. The number of carbonyl (C=O) groups excluding carboxylic acids is 4. The van der Waals surface area contributed by atoms with E-state index in [0.29, 0.717) is 36.0 Å². The molecule has 0 saturated carbocycles. The van der Waals surface area contributed by atoms with E-state index < -0.39 is 35.3 Å². The van der Waals surface area contributed by atoms with Crippen molar-refractivity contribution >= 4 is 34.7 Å². The molecule has 3 aromatic rings. The highest BCUT2D eigenvalue weighted by Gasteiger charge is 2.44. The minimum absolute atomic E-state index is 0.193. The summed E-state index contributed by atoms with van der Waals surface area (Å²) in [6, 6.07) is 13.0. The predicted octanol–water partition coefficient (Wildman–Crippen LogP) is 3.54.